The van der Waals surface area contributed by atoms with Gasteiger partial charge in [-0.25, -0.2) is 0 Å². The third kappa shape index (κ3) is 11.8. The van der Waals surface area contributed by atoms with E-state index in [4.69, 9.17) is 5.73 Å². The Morgan fingerprint density at radius 3 is 1.43 bits per heavy atom. The van der Waals surface area contributed by atoms with Gasteiger partial charge in [0.1, 0.15) is 12.2 Å². The van der Waals surface area contributed by atoms with E-state index in [1.165, 1.54) is 17.7 Å². The van der Waals surface area contributed by atoms with Crippen molar-refractivity contribution in [2.24, 2.45) is 5.73 Å². The summed E-state index contributed by atoms with van der Waals surface area (Å²) in [6.45, 7) is 5.21. The molecule has 0 aromatic carbocycles. The maximum atomic E-state index is 12.7. The number of carbonyl (C=O) groups excluding carboxylic acids is 2. The molecule has 0 fully saturated rings. The fourth-order valence-corrected chi connectivity index (χ4v) is 3.37. The first-order valence-corrected chi connectivity index (χ1v) is 11.6. The highest BCUT2D eigenvalue weighted by Gasteiger charge is 2.38. The van der Waals surface area contributed by atoms with Crippen molar-refractivity contribution >= 4 is 11.8 Å². The lowest BCUT2D eigenvalue weighted by atomic mass is 10.0. The quantitative estimate of drug-likeness (QED) is 0.195. The third-order valence-corrected chi connectivity index (χ3v) is 5.42. The van der Waals surface area contributed by atoms with Gasteiger partial charge in [-0.15, -0.1) is 0 Å². The van der Waals surface area contributed by atoms with Crippen LogP contribution in [-0.2, 0) is 9.59 Å². The van der Waals surface area contributed by atoms with Crippen LogP contribution in [0, 0.1) is 0 Å². The number of amides is 2. The summed E-state index contributed by atoms with van der Waals surface area (Å²) in [4.78, 5) is 25.2. The second kappa shape index (κ2) is 17.5. The minimum atomic E-state index is -2.06. The molecule has 6 N–H and O–H groups in total. The predicted octanol–water partition coefficient (Wildman–Crippen LogP) is 1.46. The Morgan fingerprint density at radius 1 is 0.667 bits per heavy atom. The van der Waals surface area contributed by atoms with E-state index in [9.17, 15) is 30.0 Å². The van der Waals surface area contributed by atoms with Crippen LogP contribution in [0.25, 0.3) is 0 Å². The predicted molar refractivity (Wildman–Crippen MR) is 117 cm³/mol. The summed E-state index contributed by atoms with van der Waals surface area (Å²) in [6.07, 6.45) is 4.66. The van der Waals surface area contributed by atoms with Gasteiger partial charge in [-0.2, -0.15) is 0 Å². The molecule has 0 unspecified atom stereocenters. The molecule has 0 aliphatic heterocycles. The molecule has 0 radical (unpaired) electrons. The molecule has 30 heavy (non-hydrogen) atoms. The van der Waals surface area contributed by atoms with E-state index in [1.807, 2.05) is 0 Å². The molecule has 0 saturated heterocycles. The Morgan fingerprint density at radius 2 is 1.03 bits per heavy atom. The van der Waals surface area contributed by atoms with Crippen LogP contribution in [0.1, 0.15) is 90.9 Å². The van der Waals surface area contributed by atoms with Gasteiger partial charge < -0.3 is 31.1 Å². The average molecular weight is 433 g/mol. The monoisotopic (exact) mass is 432 g/mol. The van der Waals surface area contributed by atoms with Crippen molar-refractivity contribution in [2.75, 3.05) is 13.1 Å². The van der Waals surface area contributed by atoms with Gasteiger partial charge in [-0.3, -0.25) is 9.59 Å². The van der Waals surface area contributed by atoms with Gasteiger partial charge in [-0.05, 0) is 12.8 Å². The number of primary amides is 1. The Bertz CT molecular complexity index is 447. The zero-order chi connectivity index (χ0) is 22.9. The van der Waals surface area contributed by atoms with Crippen molar-refractivity contribution in [3.8, 4) is 0 Å². The summed E-state index contributed by atoms with van der Waals surface area (Å²) in [5.41, 5.74) is 4.91. The first-order valence-electron chi connectivity index (χ1n) is 11.6. The molecule has 0 bridgehead atoms. The van der Waals surface area contributed by atoms with Gasteiger partial charge in [0.05, 0.1) is 0 Å². The molecule has 0 spiro atoms. The van der Waals surface area contributed by atoms with E-state index in [2.05, 4.69) is 13.8 Å². The Hall–Kier alpha value is -1.22. The van der Waals surface area contributed by atoms with Crippen LogP contribution in [0.4, 0.5) is 0 Å². The fourth-order valence-electron chi connectivity index (χ4n) is 3.37. The minimum Gasteiger partial charge on any atom is -0.387 e. The molecule has 0 aliphatic rings. The highest BCUT2D eigenvalue weighted by molar-refractivity contribution is 5.82. The summed E-state index contributed by atoms with van der Waals surface area (Å²) >= 11 is 0. The van der Waals surface area contributed by atoms with Crippen LogP contribution in [0.15, 0.2) is 0 Å². The van der Waals surface area contributed by atoms with E-state index in [-0.39, 0.29) is 0 Å². The molecule has 0 rings (SSSR count). The molecule has 178 valence electrons. The number of hydrogen-bond donors (Lipinski definition) is 5. The number of hydrogen-bond acceptors (Lipinski definition) is 6. The zero-order valence-corrected chi connectivity index (χ0v) is 18.8. The first-order chi connectivity index (χ1) is 14.3. The number of aliphatic hydroxyl groups excluding tert-OH is 4. The molecular formula is C22H44N2O6. The lowest BCUT2D eigenvalue weighted by Crippen LogP contribution is -2.54. The number of carbonyl (C=O) groups is 2. The molecule has 8 heteroatoms. The van der Waals surface area contributed by atoms with Crippen molar-refractivity contribution in [3.63, 3.8) is 0 Å². The number of nitrogens with zero attached hydrogens (tertiary/aromatic N) is 1. The number of rotatable bonds is 19. The van der Waals surface area contributed by atoms with E-state index >= 15 is 0 Å². The van der Waals surface area contributed by atoms with Gasteiger partial charge in [-0.1, -0.05) is 78.1 Å². The van der Waals surface area contributed by atoms with E-state index in [0.717, 1.165) is 64.2 Å². The molecule has 0 saturated carbocycles. The summed E-state index contributed by atoms with van der Waals surface area (Å²) < 4.78 is 0. The van der Waals surface area contributed by atoms with E-state index < -0.39 is 36.2 Å². The second-order valence-electron chi connectivity index (χ2n) is 8.13. The van der Waals surface area contributed by atoms with Crippen LogP contribution in [-0.4, -0.2) is 74.6 Å². The Labute approximate surface area is 181 Å². The lowest BCUT2D eigenvalue weighted by Gasteiger charge is -2.30. The highest BCUT2D eigenvalue weighted by atomic mass is 16.4. The number of nitrogens with two attached hydrogens (primary N) is 1. The van der Waals surface area contributed by atoms with Gasteiger partial charge >= 0.3 is 0 Å². The molecule has 0 aromatic heterocycles. The maximum absolute atomic E-state index is 12.7. The van der Waals surface area contributed by atoms with Crippen molar-refractivity contribution in [1.82, 2.24) is 4.90 Å². The van der Waals surface area contributed by atoms with Crippen LogP contribution in [0.2, 0.25) is 0 Å². The largest absolute Gasteiger partial charge is 0.387 e. The molecule has 0 aliphatic carbocycles. The van der Waals surface area contributed by atoms with Crippen LogP contribution in [0.5, 0.6) is 0 Å². The standard InChI is InChI=1S/C22H44N2O6/c1-3-5-7-9-11-13-15-24(16-14-12-10-8-6-4-2)22(30)20(28)18(26)17(25)19(27)21(23)29/h17-20,25-28H,3-16H2,1-2H3,(H2,23,29)/t17-,18+,19+,20-/m1/s1. The highest BCUT2D eigenvalue weighted by Crippen LogP contribution is 2.13. The molecule has 0 aromatic rings. The van der Waals surface area contributed by atoms with Crippen molar-refractivity contribution in [1.29, 1.82) is 0 Å². The number of unbranched alkanes of at least 4 members (excludes halogenated alkanes) is 10. The average Bonchev–Trinajstić information content (AvgIpc) is 2.74. The molecule has 8 nitrogen and oxygen atoms in total. The topological polar surface area (TPSA) is 144 Å². The smallest absolute Gasteiger partial charge is 0.254 e. The van der Waals surface area contributed by atoms with Crippen LogP contribution in [0.3, 0.4) is 0 Å². The van der Waals surface area contributed by atoms with Gasteiger partial charge in [0, 0.05) is 13.1 Å². The van der Waals surface area contributed by atoms with Gasteiger partial charge in [0.25, 0.3) is 5.91 Å². The van der Waals surface area contributed by atoms with Gasteiger partial charge in [0.15, 0.2) is 12.2 Å². The van der Waals surface area contributed by atoms with Gasteiger partial charge in [0.2, 0.25) is 5.91 Å². The van der Waals surface area contributed by atoms with E-state index in [1.54, 1.807) is 0 Å². The number of aliphatic hydroxyl groups is 4. The van der Waals surface area contributed by atoms with Crippen LogP contribution < -0.4 is 5.73 Å². The molecule has 0 heterocycles. The lowest BCUT2D eigenvalue weighted by molar-refractivity contribution is -0.160. The SMILES string of the molecule is CCCCCCCCN(CCCCCCCC)C(=O)[C@H](O)[C@@H](O)[C@@H](O)[C@H](O)C(N)=O. The molecule has 4 atom stereocenters. The first kappa shape index (κ1) is 28.8. The van der Waals surface area contributed by atoms with Crippen molar-refractivity contribution in [3.05, 3.63) is 0 Å². The second-order valence-corrected chi connectivity index (χ2v) is 8.13. The zero-order valence-electron chi connectivity index (χ0n) is 18.8. The van der Waals surface area contributed by atoms with Crippen LogP contribution >= 0.6 is 0 Å². The minimum absolute atomic E-state index is 0.457. The molecular weight excluding hydrogens is 388 g/mol. The summed E-state index contributed by atoms with van der Waals surface area (Å²) in [5, 5.41) is 39.6. The normalized spacial score (nSPS) is 15.4. The van der Waals surface area contributed by atoms with E-state index in [0.29, 0.717) is 13.1 Å². The van der Waals surface area contributed by atoms with Crippen molar-refractivity contribution < 1.29 is 30.0 Å². The fraction of sp³-hybridized carbons (Fsp3) is 0.909. The molecule has 2 amide bonds. The summed E-state index contributed by atoms with van der Waals surface area (Å²) in [5.74, 6) is -1.95. The Balaban J connectivity index is 4.76. The summed E-state index contributed by atoms with van der Waals surface area (Å²) in [7, 11) is 0. The van der Waals surface area contributed by atoms with Crippen molar-refractivity contribution in [2.45, 2.75) is 115 Å². The summed E-state index contributed by atoms with van der Waals surface area (Å²) in [6, 6.07) is 0. The maximum Gasteiger partial charge on any atom is 0.254 e. The Kier molecular flexibility index (Phi) is 16.7. The third-order valence-electron chi connectivity index (χ3n) is 5.42.